The molecule has 0 saturated heterocycles. The van der Waals surface area contributed by atoms with E-state index in [1.165, 1.54) is 0 Å². The van der Waals surface area contributed by atoms with Gasteiger partial charge >= 0.3 is 0 Å². The normalized spacial score (nSPS) is 11.0. The second kappa shape index (κ2) is 7.06. The Hall–Kier alpha value is -3.05. The van der Waals surface area contributed by atoms with Crippen LogP contribution in [-0.2, 0) is 13.1 Å². The van der Waals surface area contributed by atoms with Crippen molar-refractivity contribution in [2.75, 3.05) is 0 Å². The molecular formula is C20H16ClN3O2. The van der Waals surface area contributed by atoms with Crippen LogP contribution in [-0.4, -0.2) is 15.7 Å². The number of hydrogen-bond donors (Lipinski definition) is 1. The lowest BCUT2D eigenvalue weighted by atomic mass is 10.1. The quantitative estimate of drug-likeness (QED) is 0.574. The van der Waals surface area contributed by atoms with Crippen molar-refractivity contribution in [2.24, 2.45) is 0 Å². The summed E-state index contributed by atoms with van der Waals surface area (Å²) in [4.78, 5) is 12.4. The number of rotatable bonds is 5. The minimum Gasteiger partial charge on any atom is -0.467 e. The molecule has 0 atom stereocenters. The summed E-state index contributed by atoms with van der Waals surface area (Å²) < 4.78 is 7.10. The van der Waals surface area contributed by atoms with E-state index in [9.17, 15) is 4.79 Å². The number of furan rings is 1. The van der Waals surface area contributed by atoms with Crippen LogP contribution in [0.5, 0.6) is 0 Å². The molecular weight excluding hydrogens is 350 g/mol. The Labute approximate surface area is 155 Å². The minimum atomic E-state index is -0.154. The molecule has 4 rings (SSSR count). The molecule has 1 amide bonds. The van der Waals surface area contributed by atoms with E-state index in [4.69, 9.17) is 16.0 Å². The third-order valence-corrected chi connectivity index (χ3v) is 4.37. The largest absolute Gasteiger partial charge is 0.467 e. The van der Waals surface area contributed by atoms with Gasteiger partial charge in [0.2, 0.25) is 0 Å². The molecule has 2 aromatic carbocycles. The van der Waals surface area contributed by atoms with E-state index in [2.05, 4.69) is 10.4 Å². The summed E-state index contributed by atoms with van der Waals surface area (Å²) in [6.07, 6.45) is 3.38. The van der Waals surface area contributed by atoms with Crippen LogP contribution in [0.25, 0.3) is 10.9 Å². The van der Waals surface area contributed by atoms with Gasteiger partial charge in [-0.05, 0) is 42.0 Å². The Morgan fingerprint density at radius 2 is 2.08 bits per heavy atom. The van der Waals surface area contributed by atoms with E-state index in [1.54, 1.807) is 24.6 Å². The highest BCUT2D eigenvalue weighted by Crippen LogP contribution is 2.19. The first kappa shape index (κ1) is 16.4. The number of carbonyl (C=O) groups is 1. The van der Waals surface area contributed by atoms with Gasteiger partial charge in [-0.15, -0.1) is 0 Å². The van der Waals surface area contributed by atoms with Crippen LogP contribution in [0, 0.1) is 0 Å². The van der Waals surface area contributed by atoms with Crippen molar-refractivity contribution in [1.29, 1.82) is 0 Å². The number of benzene rings is 2. The Morgan fingerprint density at radius 3 is 2.88 bits per heavy atom. The molecule has 0 radical (unpaired) electrons. The topological polar surface area (TPSA) is 60.1 Å². The van der Waals surface area contributed by atoms with E-state index in [0.717, 1.165) is 16.5 Å². The van der Waals surface area contributed by atoms with Gasteiger partial charge in [0, 0.05) is 16.0 Å². The Balaban J connectivity index is 1.56. The lowest BCUT2D eigenvalue weighted by Crippen LogP contribution is -2.22. The maximum atomic E-state index is 12.4. The van der Waals surface area contributed by atoms with Gasteiger partial charge in [-0.1, -0.05) is 29.8 Å². The standard InChI is InChI=1S/C20H16ClN3O2/c21-17-4-1-3-14(9-17)13-24-19-10-15(6-7-16(19)11-23-24)20(25)22-12-18-5-2-8-26-18/h1-11H,12-13H2,(H,22,25). The van der Waals surface area contributed by atoms with Gasteiger partial charge in [-0.25, -0.2) is 0 Å². The summed E-state index contributed by atoms with van der Waals surface area (Å²) >= 11 is 6.06. The predicted octanol–water partition coefficient (Wildman–Crippen LogP) is 4.26. The highest BCUT2D eigenvalue weighted by Gasteiger charge is 2.10. The Kier molecular flexibility index (Phi) is 4.46. The summed E-state index contributed by atoms with van der Waals surface area (Å²) in [7, 11) is 0. The molecule has 0 fully saturated rings. The summed E-state index contributed by atoms with van der Waals surface area (Å²) in [5, 5.41) is 8.96. The van der Waals surface area contributed by atoms with Gasteiger partial charge in [0.1, 0.15) is 5.76 Å². The molecule has 0 spiro atoms. The average Bonchev–Trinajstić information content (AvgIpc) is 3.29. The van der Waals surface area contributed by atoms with Crippen LogP contribution >= 0.6 is 11.6 Å². The van der Waals surface area contributed by atoms with Crippen molar-refractivity contribution >= 4 is 28.4 Å². The molecule has 0 aliphatic carbocycles. The summed E-state index contributed by atoms with van der Waals surface area (Å²) in [5.74, 6) is 0.559. The molecule has 130 valence electrons. The number of nitrogens with zero attached hydrogens (tertiary/aromatic N) is 2. The number of aromatic nitrogens is 2. The number of fused-ring (bicyclic) bond motifs is 1. The monoisotopic (exact) mass is 365 g/mol. The second-order valence-corrected chi connectivity index (χ2v) is 6.40. The fourth-order valence-corrected chi connectivity index (χ4v) is 3.04. The number of halogens is 1. The number of nitrogens with one attached hydrogen (secondary N) is 1. The number of carbonyl (C=O) groups excluding carboxylic acids is 1. The smallest absolute Gasteiger partial charge is 0.251 e. The van der Waals surface area contributed by atoms with Gasteiger partial charge < -0.3 is 9.73 Å². The molecule has 1 N–H and O–H groups in total. The summed E-state index contributed by atoms with van der Waals surface area (Å²) in [6.45, 7) is 0.938. The van der Waals surface area contributed by atoms with E-state index >= 15 is 0 Å². The fraction of sp³-hybridized carbons (Fsp3) is 0.100. The zero-order valence-corrected chi connectivity index (χ0v) is 14.6. The van der Waals surface area contributed by atoms with Gasteiger partial charge in [0.05, 0.1) is 31.1 Å². The molecule has 2 heterocycles. The van der Waals surface area contributed by atoms with Crippen LogP contribution in [0.3, 0.4) is 0 Å². The Morgan fingerprint density at radius 1 is 1.15 bits per heavy atom. The van der Waals surface area contributed by atoms with Crippen molar-refractivity contribution in [3.8, 4) is 0 Å². The van der Waals surface area contributed by atoms with Gasteiger partial charge in [-0.2, -0.15) is 5.10 Å². The van der Waals surface area contributed by atoms with Crippen LogP contribution in [0.1, 0.15) is 21.7 Å². The zero-order valence-electron chi connectivity index (χ0n) is 13.9. The van der Waals surface area contributed by atoms with Gasteiger partial charge in [0.25, 0.3) is 5.91 Å². The minimum absolute atomic E-state index is 0.154. The van der Waals surface area contributed by atoms with Gasteiger partial charge in [-0.3, -0.25) is 9.48 Å². The molecule has 6 heteroatoms. The third kappa shape index (κ3) is 3.48. The van der Waals surface area contributed by atoms with Crippen LogP contribution in [0.2, 0.25) is 5.02 Å². The SMILES string of the molecule is O=C(NCc1ccco1)c1ccc2cnn(Cc3cccc(Cl)c3)c2c1. The molecule has 0 unspecified atom stereocenters. The van der Waals surface area contributed by atoms with E-state index < -0.39 is 0 Å². The lowest BCUT2D eigenvalue weighted by Gasteiger charge is -2.07. The first-order chi connectivity index (χ1) is 12.7. The molecule has 4 aromatic rings. The predicted molar refractivity (Wildman–Crippen MR) is 100 cm³/mol. The molecule has 2 aromatic heterocycles. The van der Waals surface area contributed by atoms with Gasteiger partial charge in [0.15, 0.2) is 0 Å². The molecule has 0 bridgehead atoms. The van der Waals surface area contributed by atoms with Crippen molar-refractivity contribution in [2.45, 2.75) is 13.1 Å². The summed E-state index contributed by atoms with van der Waals surface area (Å²) in [5.41, 5.74) is 2.53. The van der Waals surface area contributed by atoms with Crippen LogP contribution in [0.4, 0.5) is 0 Å². The molecule has 26 heavy (non-hydrogen) atoms. The first-order valence-electron chi connectivity index (χ1n) is 8.20. The maximum absolute atomic E-state index is 12.4. The van der Waals surface area contributed by atoms with Crippen LogP contribution in [0.15, 0.2) is 71.5 Å². The highest BCUT2D eigenvalue weighted by atomic mass is 35.5. The third-order valence-electron chi connectivity index (χ3n) is 4.13. The van der Waals surface area contributed by atoms with Crippen LogP contribution < -0.4 is 5.32 Å². The molecule has 0 aliphatic heterocycles. The molecule has 0 aliphatic rings. The number of amides is 1. The van der Waals surface area contributed by atoms with Crippen molar-refractivity contribution in [3.05, 3.63) is 89.0 Å². The van der Waals surface area contributed by atoms with E-state index in [-0.39, 0.29) is 5.91 Å². The second-order valence-electron chi connectivity index (χ2n) is 5.97. The molecule has 0 saturated carbocycles. The molecule has 5 nitrogen and oxygen atoms in total. The fourth-order valence-electron chi connectivity index (χ4n) is 2.83. The van der Waals surface area contributed by atoms with Crippen molar-refractivity contribution in [3.63, 3.8) is 0 Å². The van der Waals surface area contributed by atoms with E-state index in [0.29, 0.717) is 29.4 Å². The highest BCUT2D eigenvalue weighted by molar-refractivity contribution is 6.30. The van der Waals surface area contributed by atoms with E-state index in [1.807, 2.05) is 47.1 Å². The zero-order chi connectivity index (χ0) is 17.9. The number of hydrogen-bond acceptors (Lipinski definition) is 3. The average molecular weight is 366 g/mol. The van der Waals surface area contributed by atoms with Crippen molar-refractivity contribution in [1.82, 2.24) is 15.1 Å². The summed E-state index contributed by atoms with van der Waals surface area (Å²) in [6, 6.07) is 16.8. The lowest BCUT2D eigenvalue weighted by molar-refractivity contribution is 0.0948. The Bertz CT molecular complexity index is 1050. The first-order valence-corrected chi connectivity index (χ1v) is 8.57. The van der Waals surface area contributed by atoms with Crippen molar-refractivity contribution < 1.29 is 9.21 Å². The maximum Gasteiger partial charge on any atom is 0.251 e.